The molecule has 35 heavy (non-hydrogen) atoms. The van der Waals surface area contributed by atoms with Crippen LogP contribution in [0.25, 0.3) is 11.1 Å². The summed E-state index contributed by atoms with van der Waals surface area (Å²) in [6, 6.07) is 9.02. The van der Waals surface area contributed by atoms with Gasteiger partial charge < -0.3 is 14.5 Å². The fourth-order valence-corrected chi connectivity index (χ4v) is 5.46. The van der Waals surface area contributed by atoms with Gasteiger partial charge in [0, 0.05) is 36.5 Å². The molecule has 0 aliphatic carbocycles. The van der Waals surface area contributed by atoms with E-state index < -0.39 is 0 Å². The molecule has 0 radical (unpaired) electrons. The number of thiazole rings is 1. The average molecular weight is 492 g/mol. The molecule has 4 heterocycles. The number of aryl methyl sites for hydroxylation is 1. The van der Waals surface area contributed by atoms with E-state index in [2.05, 4.69) is 15.3 Å². The van der Waals surface area contributed by atoms with E-state index in [-0.39, 0.29) is 23.8 Å². The van der Waals surface area contributed by atoms with Crippen molar-refractivity contribution in [2.45, 2.75) is 39.4 Å². The van der Waals surface area contributed by atoms with E-state index in [9.17, 15) is 14.4 Å². The lowest BCUT2D eigenvalue weighted by molar-refractivity contribution is -0.152. The van der Waals surface area contributed by atoms with Crippen molar-refractivity contribution in [2.24, 2.45) is 0 Å². The number of carbonyl (C=O) groups excluding carboxylic acids is 3. The largest absolute Gasteiger partial charge is 0.496 e. The van der Waals surface area contributed by atoms with Gasteiger partial charge in [0.25, 0.3) is 5.91 Å². The number of pyridine rings is 1. The number of anilines is 1. The summed E-state index contributed by atoms with van der Waals surface area (Å²) < 4.78 is 5.50. The number of amides is 3. The Morgan fingerprint density at radius 1 is 1.17 bits per heavy atom. The van der Waals surface area contributed by atoms with Crippen molar-refractivity contribution in [3.63, 3.8) is 0 Å². The van der Waals surface area contributed by atoms with Gasteiger partial charge in [-0.25, -0.2) is 4.98 Å². The second-order valence-electron chi connectivity index (χ2n) is 8.63. The first kappa shape index (κ1) is 23.0. The zero-order valence-corrected chi connectivity index (χ0v) is 20.5. The van der Waals surface area contributed by atoms with Gasteiger partial charge in [-0.3, -0.25) is 24.7 Å². The molecule has 10 heteroatoms. The molecule has 2 aliphatic heterocycles. The number of nitrogens with one attached hydrogen (secondary N) is 1. The van der Waals surface area contributed by atoms with Crippen molar-refractivity contribution in [1.29, 1.82) is 0 Å². The minimum atomic E-state index is -0.372. The molecule has 2 aliphatic rings. The van der Waals surface area contributed by atoms with Gasteiger partial charge in [0.1, 0.15) is 11.8 Å². The molecule has 2 aromatic heterocycles. The molecule has 1 atom stereocenters. The van der Waals surface area contributed by atoms with Gasteiger partial charge in [0.15, 0.2) is 5.13 Å². The average Bonchev–Trinajstić information content (AvgIpc) is 3.36. The molecule has 180 valence electrons. The molecular formula is C25H25N5O4S. The minimum Gasteiger partial charge on any atom is -0.496 e. The Hall–Kier alpha value is -3.79. The van der Waals surface area contributed by atoms with Crippen LogP contribution in [0.2, 0.25) is 0 Å². The molecule has 1 saturated heterocycles. The first-order chi connectivity index (χ1) is 16.9. The van der Waals surface area contributed by atoms with Crippen LogP contribution in [-0.2, 0) is 22.7 Å². The van der Waals surface area contributed by atoms with Crippen molar-refractivity contribution in [3.05, 3.63) is 58.4 Å². The Morgan fingerprint density at radius 2 is 1.97 bits per heavy atom. The van der Waals surface area contributed by atoms with Crippen molar-refractivity contribution in [2.75, 3.05) is 19.0 Å². The van der Waals surface area contributed by atoms with Gasteiger partial charge >= 0.3 is 0 Å². The quantitative estimate of drug-likeness (QED) is 0.588. The number of hydrogen-bond donors (Lipinski definition) is 1. The summed E-state index contributed by atoms with van der Waals surface area (Å²) in [7, 11) is 1.60. The number of likely N-dealkylation sites (tertiary alicyclic amines) is 1. The highest BCUT2D eigenvalue weighted by molar-refractivity contribution is 7.16. The standard InChI is InChI=1S/C25H25N5O4S/c1-14-10-17(16-6-4-5-7-21(16)34-3)18(11-26-14)23(32)28-25-27-19-12-29(13-22(19)35-25)24(33)20-8-9-30(20)15(2)31/h4-7,10-11,20H,8-9,12-13H2,1-3H3,(H,27,28,32). The second-order valence-corrected chi connectivity index (χ2v) is 9.71. The Labute approximate surface area is 206 Å². The molecule has 9 nitrogen and oxygen atoms in total. The first-order valence-electron chi connectivity index (χ1n) is 11.3. The number of ether oxygens (including phenoxy) is 1. The molecule has 3 amide bonds. The molecule has 1 aromatic carbocycles. The lowest BCUT2D eigenvalue weighted by Gasteiger charge is -2.40. The number of methoxy groups -OCH3 is 1. The number of benzene rings is 1. The SMILES string of the molecule is COc1ccccc1-c1cc(C)ncc1C(=O)Nc1nc2c(s1)CN(C(=O)C1CCN1C(C)=O)C2. The molecule has 3 aromatic rings. The van der Waals surface area contributed by atoms with E-state index in [4.69, 9.17) is 4.74 Å². The highest BCUT2D eigenvalue weighted by Gasteiger charge is 2.40. The van der Waals surface area contributed by atoms with Crippen LogP contribution < -0.4 is 10.1 Å². The fraction of sp³-hybridized carbons (Fsp3) is 0.320. The number of nitrogens with zero attached hydrogens (tertiary/aromatic N) is 4. The maximum Gasteiger partial charge on any atom is 0.259 e. The summed E-state index contributed by atoms with van der Waals surface area (Å²) in [4.78, 5) is 50.9. The monoisotopic (exact) mass is 491 g/mol. The second kappa shape index (κ2) is 9.10. The zero-order chi connectivity index (χ0) is 24.7. The summed E-state index contributed by atoms with van der Waals surface area (Å²) >= 11 is 1.36. The number of para-hydroxylation sites is 1. The number of rotatable bonds is 5. The van der Waals surface area contributed by atoms with Crippen LogP contribution >= 0.6 is 11.3 Å². The van der Waals surface area contributed by atoms with Crippen LogP contribution in [0.3, 0.4) is 0 Å². The van der Waals surface area contributed by atoms with E-state index in [1.165, 1.54) is 18.3 Å². The Balaban J connectivity index is 1.32. The lowest BCUT2D eigenvalue weighted by Crippen LogP contribution is -2.57. The van der Waals surface area contributed by atoms with Gasteiger partial charge in [-0.15, -0.1) is 0 Å². The van der Waals surface area contributed by atoms with Crippen LogP contribution in [-0.4, -0.2) is 57.2 Å². The van der Waals surface area contributed by atoms with Crippen molar-refractivity contribution in [3.8, 4) is 16.9 Å². The number of fused-ring (bicyclic) bond motifs is 1. The van der Waals surface area contributed by atoms with Gasteiger partial charge in [-0.05, 0) is 25.5 Å². The minimum absolute atomic E-state index is 0.0468. The first-order valence-corrected chi connectivity index (χ1v) is 12.1. The molecule has 1 N–H and O–H groups in total. The predicted octanol–water partition coefficient (Wildman–Crippen LogP) is 3.24. The van der Waals surface area contributed by atoms with Gasteiger partial charge in [-0.1, -0.05) is 29.5 Å². The molecule has 0 bridgehead atoms. The molecule has 0 saturated carbocycles. The summed E-state index contributed by atoms with van der Waals surface area (Å²) in [6.45, 7) is 4.79. The predicted molar refractivity (Wildman–Crippen MR) is 131 cm³/mol. The van der Waals surface area contributed by atoms with E-state index in [1.54, 1.807) is 23.1 Å². The third kappa shape index (κ3) is 4.25. The smallest absolute Gasteiger partial charge is 0.259 e. The maximum atomic E-state index is 13.2. The van der Waals surface area contributed by atoms with Gasteiger partial charge in [-0.2, -0.15) is 0 Å². The third-order valence-corrected chi connectivity index (χ3v) is 7.37. The Bertz CT molecular complexity index is 1310. The van der Waals surface area contributed by atoms with Crippen molar-refractivity contribution < 1.29 is 19.1 Å². The van der Waals surface area contributed by atoms with Crippen molar-refractivity contribution >= 4 is 34.2 Å². The molecule has 1 fully saturated rings. The van der Waals surface area contributed by atoms with E-state index >= 15 is 0 Å². The number of carbonyl (C=O) groups is 3. The molecule has 0 spiro atoms. The fourth-order valence-electron chi connectivity index (χ4n) is 4.48. The highest BCUT2D eigenvalue weighted by atomic mass is 32.1. The summed E-state index contributed by atoms with van der Waals surface area (Å²) in [5.41, 5.74) is 3.51. The lowest BCUT2D eigenvalue weighted by atomic mass is 9.99. The highest BCUT2D eigenvalue weighted by Crippen LogP contribution is 2.35. The van der Waals surface area contributed by atoms with Crippen molar-refractivity contribution in [1.82, 2.24) is 19.8 Å². The normalized spacial score (nSPS) is 16.5. The van der Waals surface area contributed by atoms with Crippen LogP contribution in [0.15, 0.2) is 36.5 Å². The summed E-state index contributed by atoms with van der Waals surface area (Å²) in [5.74, 6) is 0.226. The Morgan fingerprint density at radius 3 is 2.66 bits per heavy atom. The molecule has 1 unspecified atom stereocenters. The number of aromatic nitrogens is 2. The van der Waals surface area contributed by atoms with Crippen LogP contribution in [0, 0.1) is 6.92 Å². The molecule has 5 rings (SSSR count). The topological polar surface area (TPSA) is 105 Å². The Kier molecular flexibility index (Phi) is 5.98. The van der Waals surface area contributed by atoms with Crippen LogP contribution in [0.5, 0.6) is 5.75 Å². The maximum absolute atomic E-state index is 13.2. The van der Waals surface area contributed by atoms with Gasteiger partial charge in [0.05, 0.1) is 36.3 Å². The number of hydrogen-bond acceptors (Lipinski definition) is 7. The zero-order valence-electron chi connectivity index (χ0n) is 19.7. The van der Waals surface area contributed by atoms with E-state index in [0.29, 0.717) is 42.5 Å². The van der Waals surface area contributed by atoms with E-state index in [0.717, 1.165) is 27.4 Å². The van der Waals surface area contributed by atoms with Crippen LogP contribution in [0.1, 0.15) is 40.0 Å². The summed E-state index contributed by atoms with van der Waals surface area (Å²) in [6.07, 6.45) is 2.25. The van der Waals surface area contributed by atoms with Gasteiger partial charge in [0.2, 0.25) is 11.8 Å². The third-order valence-electron chi connectivity index (χ3n) is 6.38. The molecular weight excluding hydrogens is 466 g/mol. The summed E-state index contributed by atoms with van der Waals surface area (Å²) in [5, 5.41) is 3.38. The van der Waals surface area contributed by atoms with Crippen LogP contribution in [0.4, 0.5) is 5.13 Å². The van der Waals surface area contributed by atoms with E-state index in [1.807, 2.05) is 37.3 Å².